The largest absolute Gasteiger partial charge is 0.454 e. The maximum absolute atomic E-state index is 12.3. The molecule has 8 heteroatoms. The Kier molecular flexibility index (Phi) is 4.01. The summed E-state index contributed by atoms with van der Waals surface area (Å²) in [6, 6.07) is 9.22. The maximum atomic E-state index is 12.3. The van der Waals surface area contributed by atoms with Gasteiger partial charge in [0.05, 0.1) is 5.92 Å². The first-order valence-electron chi connectivity index (χ1n) is 8.87. The SMILES string of the molecule is O=C(C=Cc1ccc2c(c1)OCO2)N1CC(c2nc(-c3ccncc3)no2)C1. The highest BCUT2D eigenvalue weighted by atomic mass is 16.7. The van der Waals surface area contributed by atoms with Crippen molar-refractivity contribution in [2.24, 2.45) is 0 Å². The van der Waals surface area contributed by atoms with Crippen molar-refractivity contribution in [1.29, 1.82) is 0 Å². The van der Waals surface area contributed by atoms with Gasteiger partial charge in [-0.05, 0) is 35.9 Å². The van der Waals surface area contributed by atoms with Crippen molar-refractivity contribution in [3.05, 3.63) is 60.3 Å². The topological polar surface area (TPSA) is 90.6 Å². The molecule has 2 aliphatic heterocycles. The van der Waals surface area contributed by atoms with Crippen molar-refractivity contribution in [2.45, 2.75) is 5.92 Å². The van der Waals surface area contributed by atoms with Crippen LogP contribution < -0.4 is 9.47 Å². The third kappa shape index (κ3) is 3.09. The molecule has 0 bridgehead atoms. The summed E-state index contributed by atoms with van der Waals surface area (Å²) in [7, 11) is 0. The zero-order valence-corrected chi connectivity index (χ0v) is 14.8. The highest BCUT2D eigenvalue weighted by molar-refractivity contribution is 5.92. The molecule has 1 fully saturated rings. The zero-order chi connectivity index (χ0) is 18.9. The third-order valence-electron chi connectivity index (χ3n) is 4.74. The molecule has 2 aromatic heterocycles. The summed E-state index contributed by atoms with van der Waals surface area (Å²) in [6.07, 6.45) is 6.69. The number of rotatable bonds is 4. The van der Waals surface area contributed by atoms with E-state index in [1.165, 1.54) is 0 Å². The number of amides is 1. The Labute approximate surface area is 160 Å². The second-order valence-electron chi connectivity index (χ2n) is 6.58. The molecule has 5 rings (SSSR count). The van der Waals surface area contributed by atoms with Crippen LogP contribution in [-0.2, 0) is 4.79 Å². The van der Waals surface area contributed by atoms with Crippen LogP contribution in [-0.4, -0.2) is 45.8 Å². The fourth-order valence-electron chi connectivity index (χ4n) is 3.12. The molecule has 4 heterocycles. The molecule has 0 aliphatic carbocycles. The molecular weight excluding hydrogens is 360 g/mol. The molecular formula is C20H16N4O4. The van der Waals surface area contributed by atoms with E-state index in [-0.39, 0.29) is 18.6 Å². The van der Waals surface area contributed by atoms with E-state index >= 15 is 0 Å². The Morgan fingerprint density at radius 3 is 2.79 bits per heavy atom. The van der Waals surface area contributed by atoms with Crippen LogP contribution in [0.15, 0.2) is 53.3 Å². The lowest BCUT2D eigenvalue weighted by Gasteiger charge is -2.36. The van der Waals surface area contributed by atoms with Gasteiger partial charge >= 0.3 is 0 Å². The molecule has 1 amide bonds. The van der Waals surface area contributed by atoms with E-state index < -0.39 is 0 Å². The molecule has 1 saturated heterocycles. The van der Waals surface area contributed by atoms with E-state index in [1.807, 2.05) is 30.3 Å². The third-order valence-corrected chi connectivity index (χ3v) is 4.74. The average Bonchev–Trinajstić information content (AvgIpc) is 3.35. The summed E-state index contributed by atoms with van der Waals surface area (Å²) in [5, 5.41) is 4.01. The number of ether oxygens (including phenoxy) is 2. The van der Waals surface area contributed by atoms with Crippen LogP contribution in [0.5, 0.6) is 11.5 Å². The number of fused-ring (bicyclic) bond motifs is 1. The lowest BCUT2D eigenvalue weighted by Crippen LogP contribution is -2.47. The standard InChI is InChI=1S/C20H16N4O4/c25-18(4-2-13-1-3-16-17(9-13)27-12-26-16)24-10-15(11-24)20-22-19(23-28-20)14-5-7-21-8-6-14/h1-9,15H,10-12H2. The Morgan fingerprint density at radius 2 is 1.93 bits per heavy atom. The number of carbonyl (C=O) groups is 1. The summed E-state index contributed by atoms with van der Waals surface area (Å²) < 4.78 is 16.0. The van der Waals surface area contributed by atoms with Crippen LogP contribution in [0.1, 0.15) is 17.4 Å². The molecule has 2 aliphatic rings. The minimum absolute atomic E-state index is 0.0530. The number of nitrogens with zero attached hydrogens (tertiary/aromatic N) is 4. The van der Waals surface area contributed by atoms with Crippen molar-refractivity contribution in [2.75, 3.05) is 19.9 Å². The van der Waals surface area contributed by atoms with Crippen LogP contribution in [0.25, 0.3) is 17.5 Å². The Morgan fingerprint density at radius 1 is 1.11 bits per heavy atom. The van der Waals surface area contributed by atoms with E-state index in [0.29, 0.717) is 30.6 Å². The summed E-state index contributed by atoms with van der Waals surface area (Å²) >= 11 is 0. The lowest BCUT2D eigenvalue weighted by molar-refractivity contribution is -0.130. The summed E-state index contributed by atoms with van der Waals surface area (Å²) in [5.74, 6) is 2.51. The number of likely N-dealkylation sites (tertiary alicyclic amines) is 1. The van der Waals surface area contributed by atoms with Gasteiger partial charge in [0.25, 0.3) is 0 Å². The van der Waals surface area contributed by atoms with Gasteiger partial charge in [0.1, 0.15) is 0 Å². The van der Waals surface area contributed by atoms with Crippen LogP contribution in [0.2, 0.25) is 0 Å². The van der Waals surface area contributed by atoms with Crippen LogP contribution >= 0.6 is 0 Å². The second-order valence-corrected chi connectivity index (χ2v) is 6.58. The molecule has 28 heavy (non-hydrogen) atoms. The fraction of sp³-hybridized carbons (Fsp3) is 0.200. The summed E-state index contributed by atoms with van der Waals surface area (Å²) in [6.45, 7) is 1.35. The van der Waals surface area contributed by atoms with E-state index in [0.717, 1.165) is 16.9 Å². The van der Waals surface area contributed by atoms with Gasteiger partial charge in [-0.2, -0.15) is 4.98 Å². The van der Waals surface area contributed by atoms with Gasteiger partial charge in [0.2, 0.25) is 24.4 Å². The second kappa shape index (κ2) is 6.80. The Balaban J connectivity index is 1.19. The van der Waals surface area contributed by atoms with Gasteiger partial charge in [0, 0.05) is 37.1 Å². The molecule has 3 aromatic rings. The number of hydrogen-bond acceptors (Lipinski definition) is 7. The van der Waals surface area contributed by atoms with E-state index in [9.17, 15) is 4.79 Å². The van der Waals surface area contributed by atoms with Crippen LogP contribution in [0, 0.1) is 0 Å². The van der Waals surface area contributed by atoms with Crippen molar-refractivity contribution in [3.8, 4) is 22.9 Å². The molecule has 140 valence electrons. The predicted molar refractivity (Wildman–Crippen MR) is 98.4 cm³/mol. The smallest absolute Gasteiger partial charge is 0.246 e. The molecule has 0 atom stereocenters. The number of carbonyl (C=O) groups excluding carboxylic acids is 1. The highest BCUT2D eigenvalue weighted by Gasteiger charge is 2.34. The van der Waals surface area contributed by atoms with E-state index in [2.05, 4.69) is 15.1 Å². The molecule has 0 saturated carbocycles. The average molecular weight is 376 g/mol. The minimum Gasteiger partial charge on any atom is -0.454 e. The Hall–Kier alpha value is -3.68. The van der Waals surface area contributed by atoms with Gasteiger partial charge in [-0.25, -0.2) is 0 Å². The monoisotopic (exact) mass is 376 g/mol. The molecule has 0 radical (unpaired) electrons. The van der Waals surface area contributed by atoms with Gasteiger partial charge in [-0.3, -0.25) is 9.78 Å². The minimum atomic E-state index is -0.0530. The van der Waals surface area contributed by atoms with Crippen molar-refractivity contribution < 1.29 is 18.8 Å². The van der Waals surface area contributed by atoms with Gasteiger partial charge in [-0.1, -0.05) is 11.2 Å². The highest BCUT2D eigenvalue weighted by Crippen LogP contribution is 2.33. The molecule has 1 aromatic carbocycles. The van der Waals surface area contributed by atoms with Crippen molar-refractivity contribution in [3.63, 3.8) is 0 Å². The van der Waals surface area contributed by atoms with E-state index in [4.69, 9.17) is 14.0 Å². The predicted octanol–water partition coefficient (Wildman–Crippen LogP) is 2.50. The molecule has 0 N–H and O–H groups in total. The normalized spacial score (nSPS) is 15.8. The summed E-state index contributed by atoms with van der Waals surface area (Å²) in [4.78, 5) is 22.5. The van der Waals surface area contributed by atoms with Crippen molar-refractivity contribution in [1.82, 2.24) is 20.0 Å². The molecule has 0 spiro atoms. The lowest BCUT2D eigenvalue weighted by atomic mass is 10.00. The van der Waals surface area contributed by atoms with Crippen molar-refractivity contribution >= 4 is 12.0 Å². The fourth-order valence-corrected chi connectivity index (χ4v) is 3.12. The van der Waals surface area contributed by atoms with Gasteiger partial charge in [-0.15, -0.1) is 0 Å². The first-order valence-corrected chi connectivity index (χ1v) is 8.87. The number of hydrogen-bond donors (Lipinski definition) is 0. The zero-order valence-electron chi connectivity index (χ0n) is 14.8. The number of benzene rings is 1. The first-order chi connectivity index (χ1) is 13.8. The first kappa shape index (κ1) is 16.5. The van der Waals surface area contributed by atoms with Crippen LogP contribution in [0.4, 0.5) is 0 Å². The van der Waals surface area contributed by atoms with Gasteiger partial charge < -0.3 is 18.9 Å². The van der Waals surface area contributed by atoms with Crippen LogP contribution in [0.3, 0.4) is 0 Å². The maximum Gasteiger partial charge on any atom is 0.246 e. The Bertz CT molecular complexity index is 1040. The summed E-state index contributed by atoms with van der Waals surface area (Å²) in [5.41, 5.74) is 1.73. The molecule has 0 unspecified atom stereocenters. The van der Waals surface area contributed by atoms with E-state index in [1.54, 1.807) is 29.4 Å². The number of pyridine rings is 1. The molecule has 8 nitrogen and oxygen atoms in total. The number of aromatic nitrogens is 3. The van der Waals surface area contributed by atoms with Gasteiger partial charge in [0.15, 0.2) is 11.5 Å². The quantitative estimate of drug-likeness (QED) is 0.646.